The summed E-state index contributed by atoms with van der Waals surface area (Å²) >= 11 is 0. The molecule has 1 aliphatic rings. The van der Waals surface area contributed by atoms with Crippen molar-refractivity contribution in [2.24, 2.45) is 0 Å². The van der Waals surface area contributed by atoms with Crippen molar-refractivity contribution < 1.29 is 27.1 Å². The Labute approximate surface area is 172 Å². The van der Waals surface area contributed by atoms with Crippen LogP contribution in [0, 0.1) is 0 Å². The Hall–Kier alpha value is -3.15. The molecule has 11 heteroatoms. The molecule has 0 spiro atoms. The number of carbonyl (C=O) groups is 1. The Morgan fingerprint density at radius 1 is 1.23 bits per heavy atom. The molecule has 30 heavy (non-hydrogen) atoms. The molecule has 158 valence electrons. The van der Waals surface area contributed by atoms with Crippen molar-refractivity contribution in [3.63, 3.8) is 0 Å². The van der Waals surface area contributed by atoms with Crippen LogP contribution in [0.1, 0.15) is 10.5 Å². The molecule has 4 rings (SSSR count). The standard InChI is InChI=1S/C19H20N4O6S/c1-27-17-5-4-13(11-18(17)30(25,26)23-6-9-28-10-7-23)20-19(24)15-12-14(21-22-15)16-3-2-8-29-16/h2-5,8,11-12H,6-7,9-10H2,1H3,(H,20,24)(H,21,22). The second-order valence-corrected chi connectivity index (χ2v) is 8.39. The first-order valence-electron chi connectivity index (χ1n) is 9.15. The molecular weight excluding hydrogens is 412 g/mol. The number of aromatic amines is 1. The molecule has 2 N–H and O–H groups in total. The Morgan fingerprint density at radius 3 is 2.73 bits per heavy atom. The number of ether oxygens (including phenoxy) is 2. The molecule has 1 saturated heterocycles. The van der Waals surface area contributed by atoms with Gasteiger partial charge >= 0.3 is 0 Å². The van der Waals surface area contributed by atoms with Crippen molar-refractivity contribution in [1.82, 2.24) is 14.5 Å². The number of rotatable bonds is 6. The molecule has 3 heterocycles. The molecular formula is C19H20N4O6S. The Kier molecular flexibility index (Phi) is 5.57. The number of nitrogens with one attached hydrogen (secondary N) is 2. The van der Waals surface area contributed by atoms with Gasteiger partial charge in [-0.1, -0.05) is 0 Å². The van der Waals surface area contributed by atoms with Crippen LogP contribution in [0.2, 0.25) is 0 Å². The minimum atomic E-state index is -3.81. The van der Waals surface area contributed by atoms with Crippen LogP contribution in [0.3, 0.4) is 0 Å². The molecule has 2 aromatic heterocycles. The van der Waals surface area contributed by atoms with Crippen LogP contribution in [0.25, 0.3) is 11.5 Å². The van der Waals surface area contributed by atoms with Crippen molar-refractivity contribution in [3.8, 4) is 17.2 Å². The largest absolute Gasteiger partial charge is 0.495 e. The van der Waals surface area contributed by atoms with Gasteiger partial charge in [0.2, 0.25) is 10.0 Å². The summed E-state index contributed by atoms with van der Waals surface area (Å²) in [6.07, 6.45) is 1.52. The summed E-state index contributed by atoms with van der Waals surface area (Å²) in [5.41, 5.74) is 0.987. The number of benzene rings is 1. The predicted molar refractivity (Wildman–Crippen MR) is 107 cm³/mol. The number of amides is 1. The lowest BCUT2D eigenvalue weighted by molar-refractivity contribution is 0.0729. The fourth-order valence-electron chi connectivity index (χ4n) is 3.07. The molecule has 0 unspecified atom stereocenters. The zero-order chi connectivity index (χ0) is 21.1. The van der Waals surface area contributed by atoms with Crippen molar-refractivity contribution in [1.29, 1.82) is 0 Å². The number of furan rings is 1. The maximum Gasteiger partial charge on any atom is 0.276 e. The van der Waals surface area contributed by atoms with E-state index < -0.39 is 15.9 Å². The third kappa shape index (κ3) is 3.95. The Morgan fingerprint density at radius 2 is 2.03 bits per heavy atom. The number of hydrogen-bond acceptors (Lipinski definition) is 7. The number of H-pyrrole nitrogens is 1. The lowest BCUT2D eigenvalue weighted by atomic mass is 10.2. The highest BCUT2D eigenvalue weighted by atomic mass is 32.2. The first-order valence-corrected chi connectivity index (χ1v) is 10.6. The number of hydrogen-bond donors (Lipinski definition) is 2. The van der Waals surface area contributed by atoms with Gasteiger partial charge in [0.1, 0.15) is 16.3 Å². The van der Waals surface area contributed by atoms with E-state index in [1.807, 2.05) is 0 Å². The van der Waals surface area contributed by atoms with Crippen LogP contribution in [-0.2, 0) is 14.8 Å². The van der Waals surface area contributed by atoms with E-state index in [9.17, 15) is 13.2 Å². The molecule has 0 radical (unpaired) electrons. The fourth-order valence-corrected chi connectivity index (χ4v) is 4.66. The first kappa shape index (κ1) is 20.1. The summed E-state index contributed by atoms with van der Waals surface area (Å²) in [7, 11) is -2.42. The van der Waals surface area contributed by atoms with Crippen LogP contribution >= 0.6 is 0 Å². The lowest BCUT2D eigenvalue weighted by Crippen LogP contribution is -2.40. The van der Waals surface area contributed by atoms with Gasteiger partial charge in [-0.15, -0.1) is 0 Å². The number of methoxy groups -OCH3 is 1. The van der Waals surface area contributed by atoms with Gasteiger partial charge in [-0.3, -0.25) is 9.89 Å². The quantitative estimate of drug-likeness (QED) is 0.609. The van der Waals surface area contributed by atoms with Gasteiger partial charge in [-0.2, -0.15) is 9.40 Å². The van der Waals surface area contributed by atoms with Gasteiger partial charge in [-0.05, 0) is 30.3 Å². The van der Waals surface area contributed by atoms with Crippen LogP contribution in [-0.4, -0.2) is 62.2 Å². The van der Waals surface area contributed by atoms with E-state index in [-0.39, 0.29) is 29.4 Å². The van der Waals surface area contributed by atoms with E-state index in [1.165, 1.54) is 29.8 Å². The van der Waals surface area contributed by atoms with Crippen molar-refractivity contribution in [3.05, 3.63) is 48.4 Å². The highest BCUT2D eigenvalue weighted by molar-refractivity contribution is 7.89. The molecule has 1 fully saturated rings. The van der Waals surface area contributed by atoms with E-state index >= 15 is 0 Å². The minimum Gasteiger partial charge on any atom is -0.495 e. The lowest BCUT2D eigenvalue weighted by Gasteiger charge is -2.26. The number of aromatic nitrogens is 2. The van der Waals surface area contributed by atoms with Crippen LogP contribution < -0.4 is 10.1 Å². The number of anilines is 1. The SMILES string of the molecule is COc1ccc(NC(=O)c2cc(-c3ccco3)[nH]n2)cc1S(=O)(=O)N1CCOCC1. The van der Waals surface area contributed by atoms with E-state index in [0.717, 1.165) is 0 Å². The van der Waals surface area contributed by atoms with Crippen molar-refractivity contribution in [2.45, 2.75) is 4.90 Å². The third-order valence-electron chi connectivity index (χ3n) is 4.61. The summed E-state index contributed by atoms with van der Waals surface area (Å²) in [6, 6.07) is 9.45. The average molecular weight is 432 g/mol. The predicted octanol–water partition coefficient (Wildman–Crippen LogP) is 1.95. The third-order valence-corrected chi connectivity index (χ3v) is 6.53. The highest BCUT2D eigenvalue weighted by Crippen LogP contribution is 2.30. The van der Waals surface area contributed by atoms with E-state index in [1.54, 1.807) is 24.3 Å². The minimum absolute atomic E-state index is 0.0250. The Bertz CT molecular complexity index is 1130. The molecule has 0 saturated carbocycles. The summed E-state index contributed by atoms with van der Waals surface area (Å²) in [5, 5.41) is 9.39. The van der Waals surface area contributed by atoms with Gasteiger partial charge < -0.3 is 19.2 Å². The molecule has 0 bridgehead atoms. The van der Waals surface area contributed by atoms with Gasteiger partial charge in [0, 0.05) is 24.8 Å². The van der Waals surface area contributed by atoms with Gasteiger partial charge in [0.25, 0.3) is 5.91 Å². The summed E-state index contributed by atoms with van der Waals surface area (Å²) in [5.74, 6) is 0.244. The maximum absolute atomic E-state index is 13.1. The van der Waals surface area contributed by atoms with Gasteiger partial charge in [-0.25, -0.2) is 8.42 Å². The zero-order valence-corrected chi connectivity index (χ0v) is 16.9. The number of sulfonamides is 1. The van der Waals surface area contributed by atoms with E-state index in [0.29, 0.717) is 30.4 Å². The first-order chi connectivity index (χ1) is 14.5. The van der Waals surface area contributed by atoms with Gasteiger partial charge in [0.05, 0.1) is 26.6 Å². The fraction of sp³-hybridized carbons (Fsp3) is 0.263. The van der Waals surface area contributed by atoms with E-state index in [2.05, 4.69) is 15.5 Å². The van der Waals surface area contributed by atoms with E-state index in [4.69, 9.17) is 13.9 Å². The second kappa shape index (κ2) is 8.30. The number of nitrogens with zero attached hydrogens (tertiary/aromatic N) is 2. The van der Waals surface area contributed by atoms with Crippen molar-refractivity contribution >= 4 is 21.6 Å². The normalized spacial score (nSPS) is 15.1. The summed E-state index contributed by atoms with van der Waals surface area (Å²) < 4.78 is 43.2. The molecule has 1 aliphatic heterocycles. The summed E-state index contributed by atoms with van der Waals surface area (Å²) in [4.78, 5) is 12.6. The van der Waals surface area contributed by atoms with Crippen LogP contribution in [0.4, 0.5) is 5.69 Å². The van der Waals surface area contributed by atoms with Crippen LogP contribution in [0.5, 0.6) is 5.75 Å². The average Bonchev–Trinajstić information content (AvgIpc) is 3.46. The maximum atomic E-state index is 13.1. The Balaban J connectivity index is 1.58. The molecule has 3 aromatic rings. The van der Waals surface area contributed by atoms with Gasteiger partial charge in [0.15, 0.2) is 11.5 Å². The van der Waals surface area contributed by atoms with Crippen molar-refractivity contribution in [2.75, 3.05) is 38.7 Å². The summed E-state index contributed by atoms with van der Waals surface area (Å²) in [6.45, 7) is 1.17. The topological polar surface area (TPSA) is 127 Å². The van der Waals surface area contributed by atoms with Crippen LogP contribution in [0.15, 0.2) is 52.0 Å². The molecule has 0 aliphatic carbocycles. The number of morpholine rings is 1. The smallest absolute Gasteiger partial charge is 0.276 e. The zero-order valence-electron chi connectivity index (χ0n) is 16.1. The monoisotopic (exact) mass is 432 g/mol. The molecule has 0 atom stereocenters. The highest BCUT2D eigenvalue weighted by Gasteiger charge is 2.29. The molecule has 1 amide bonds. The second-order valence-electron chi connectivity index (χ2n) is 6.48. The molecule has 1 aromatic carbocycles. The molecule has 10 nitrogen and oxygen atoms in total. The number of carbonyl (C=O) groups excluding carboxylic acids is 1.